The van der Waals surface area contributed by atoms with Gasteiger partial charge in [0.25, 0.3) is 0 Å². The predicted octanol–water partition coefficient (Wildman–Crippen LogP) is 3.90. The average molecular weight is 206 g/mol. The molecule has 84 valence electrons. The van der Waals surface area contributed by atoms with Crippen LogP contribution in [0.1, 0.15) is 47.0 Å². The van der Waals surface area contributed by atoms with Gasteiger partial charge in [0.15, 0.2) is 0 Å². The molecule has 1 atom stereocenters. The average Bonchev–Trinajstić information content (AvgIpc) is 2.15. The van der Waals surface area contributed by atoms with E-state index in [0.717, 1.165) is 18.3 Å². The lowest BCUT2D eigenvalue weighted by Gasteiger charge is -2.38. The van der Waals surface area contributed by atoms with Crippen LogP contribution >= 0.6 is 0 Å². The van der Waals surface area contributed by atoms with E-state index in [9.17, 15) is 4.79 Å². The molecule has 0 radical (unpaired) electrons. The normalized spacial score (nSPS) is 26.0. The van der Waals surface area contributed by atoms with Crippen molar-refractivity contribution in [3.8, 4) is 0 Å². The lowest BCUT2D eigenvalue weighted by Crippen LogP contribution is -2.27. The zero-order valence-corrected chi connectivity index (χ0v) is 10.3. The number of carbonyl (C=O) groups excluding carboxylic acids is 1. The summed E-state index contributed by atoms with van der Waals surface area (Å²) in [6, 6.07) is 0. The number of rotatable bonds is 3. The lowest BCUT2D eigenvalue weighted by molar-refractivity contribution is -0.104. The summed E-state index contributed by atoms with van der Waals surface area (Å²) in [6.45, 7) is 8.76. The standard InChI is InChI=1S/C14H22O/c1-11(10-15)7-8-13-12(2)6-5-9-14(13,3)4/h6-7,10,13H,5,8-9H2,1-4H3/b11-7+. The molecular weight excluding hydrogens is 184 g/mol. The molecule has 1 unspecified atom stereocenters. The van der Waals surface area contributed by atoms with Gasteiger partial charge in [0.2, 0.25) is 0 Å². The van der Waals surface area contributed by atoms with Gasteiger partial charge in [-0.1, -0.05) is 31.6 Å². The Balaban J connectivity index is 2.77. The largest absolute Gasteiger partial charge is 0.298 e. The number of hydrogen-bond acceptors (Lipinski definition) is 1. The van der Waals surface area contributed by atoms with Crippen LogP contribution < -0.4 is 0 Å². The maximum Gasteiger partial charge on any atom is 0.145 e. The van der Waals surface area contributed by atoms with Gasteiger partial charge in [-0.25, -0.2) is 0 Å². The highest BCUT2D eigenvalue weighted by Gasteiger charge is 2.31. The van der Waals surface area contributed by atoms with E-state index in [0.29, 0.717) is 11.3 Å². The Morgan fingerprint density at radius 1 is 1.60 bits per heavy atom. The molecule has 0 N–H and O–H groups in total. The molecule has 15 heavy (non-hydrogen) atoms. The van der Waals surface area contributed by atoms with Gasteiger partial charge in [-0.05, 0) is 50.0 Å². The first kappa shape index (κ1) is 12.2. The molecule has 0 heterocycles. The summed E-state index contributed by atoms with van der Waals surface area (Å²) in [6.07, 6.45) is 8.81. The molecule has 0 aromatic heterocycles. The molecule has 1 rings (SSSR count). The highest BCUT2D eigenvalue weighted by molar-refractivity contribution is 5.71. The van der Waals surface area contributed by atoms with Gasteiger partial charge in [0.05, 0.1) is 0 Å². The fourth-order valence-corrected chi connectivity index (χ4v) is 2.46. The smallest absolute Gasteiger partial charge is 0.145 e. The minimum atomic E-state index is 0.374. The van der Waals surface area contributed by atoms with E-state index in [2.05, 4.69) is 32.9 Å². The molecule has 1 heteroatoms. The van der Waals surface area contributed by atoms with Crippen molar-refractivity contribution in [2.75, 3.05) is 0 Å². The molecular formula is C14H22O. The third-order valence-corrected chi connectivity index (χ3v) is 3.61. The van der Waals surface area contributed by atoms with Crippen molar-refractivity contribution in [2.45, 2.75) is 47.0 Å². The van der Waals surface area contributed by atoms with Crippen molar-refractivity contribution in [2.24, 2.45) is 11.3 Å². The van der Waals surface area contributed by atoms with Crippen molar-refractivity contribution < 1.29 is 4.79 Å². The van der Waals surface area contributed by atoms with Crippen LogP contribution in [-0.2, 0) is 4.79 Å². The minimum absolute atomic E-state index is 0.374. The lowest BCUT2D eigenvalue weighted by atomic mass is 9.67. The molecule has 0 aromatic rings. The molecule has 1 aliphatic carbocycles. The SMILES string of the molecule is CC1=CCCC(C)(C)C1C/C=C(\C)C=O. The Hall–Kier alpha value is -0.850. The number of aldehydes is 1. The van der Waals surface area contributed by atoms with E-state index in [1.807, 2.05) is 6.92 Å². The van der Waals surface area contributed by atoms with Gasteiger partial charge in [0, 0.05) is 0 Å². The summed E-state index contributed by atoms with van der Waals surface area (Å²) in [5, 5.41) is 0. The van der Waals surface area contributed by atoms with Crippen LogP contribution in [0.3, 0.4) is 0 Å². The van der Waals surface area contributed by atoms with Crippen LogP contribution in [0, 0.1) is 11.3 Å². The van der Waals surface area contributed by atoms with Crippen molar-refractivity contribution in [3.05, 3.63) is 23.3 Å². The Morgan fingerprint density at radius 2 is 2.27 bits per heavy atom. The summed E-state index contributed by atoms with van der Waals surface area (Å²) in [7, 11) is 0. The number of hydrogen-bond donors (Lipinski definition) is 0. The fraction of sp³-hybridized carbons (Fsp3) is 0.643. The van der Waals surface area contributed by atoms with E-state index >= 15 is 0 Å². The van der Waals surface area contributed by atoms with E-state index in [1.54, 1.807) is 0 Å². The molecule has 1 nitrogen and oxygen atoms in total. The molecule has 0 spiro atoms. The highest BCUT2D eigenvalue weighted by Crippen LogP contribution is 2.42. The second-order valence-corrected chi connectivity index (χ2v) is 5.33. The van der Waals surface area contributed by atoms with Gasteiger partial charge in [-0.2, -0.15) is 0 Å². The molecule has 0 bridgehead atoms. The van der Waals surface area contributed by atoms with E-state index in [1.165, 1.54) is 18.4 Å². The van der Waals surface area contributed by atoms with E-state index in [4.69, 9.17) is 0 Å². The summed E-state index contributed by atoms with van der Waals surface area (Å²) < 4.78 is 0. The Kier molecular flexibility index (Phi) is 3.90. The molecule has 1 aliphatic rings. The van der Waals surface area contributed by atoms with E-state index < -0.39 is 0 Å². The third kappa shape index (κ3) is 3.05. The van der Waals surface area contributed by atoms with Gasteiger partial charge in [0.1, 0.15) is 6.29 Å². The molecule has 0 aromatic carbocycles. The zero-order valence-electron chi connectivity index (χ0n) is 10.3. The predicted molar refractivity (Wildman–Crippen MR) is 64.7 cm³/mol. The fourth-order valence-electron chi connectivity index (χ4n) is 2.46. The van der Waals surface area contributed by atoms with Crippen molar-refractivity contribution in [1.82, 2.24) is 0 Å². The van der Waals surface area contributed by atoms with Gasteiger partial charge in [-0.15, -0.1) is 0 Å². The number of allylic oxidation sites excluding steroid dienone is 4. The van der Waals surface area contributed by atoms with Crippen LogP contribution in [-0.4, -0.2) is 6.29 Å². The number of carbonyl (C=O) groups is 1. The van der Waals surface area contributed by atoms with Gasteiger partial charge >= 0.3 is 0 Å². The maximum absolute atomic E-state index is 10.5. The first-order valence-corrected chi connectivity index (χ1v) is 5.76. The molecule has 0 fully saturated rings. The van der Waals surface area contributed by atoms with Gasteiger partial charge in [-0.3, -0.25) is 4.79 Å². The van der Waals surface area contributed by atoms with Crippen molar-refractivity contribution in [1.29, 1.82) is 0 Å². The van der Waals surface area contributed by atoms with Crippen molar-refractivity contribution in [3.63, 3.8) is 0 Å². The van der Waals surface area contributed by atoms with Crippen LogP contribution in [0.15, 0.2) is 23.3 Å². The Morgan fingerprint density at radius 3 is 2.80 bits per heavy atom. The Bertz CT molecular complexity index is 294. The third-order valence-electron chi connectivity index (χ3n) is 3.61. The summed E-state index contributed by atoms with van der Waals surface area (Å²) in [5.41, 5.74) is 2.71. The topological polar surface area (TPSA) is 17.1 Å². The monoisotopic (exact) mass is 206 g/mol. The van der Waals surface area contributed by atoms with Gasteiger partial charge < -0.3 is 0 Å². The summed E-state index contributed by atoms with van der Waals surface area (Å²) >= 11 is 0. The molecule has 0 aliphatic heterocycles. The maximum atomic E-state index is 10.5. The quantitative estimate of drug-likeness (QED) is 0.389. The van der Waals surface area contributed by atoms with Crippen LogP contribution in [0.4, 0.5) is 0 Å². The van der Waals surface area contributed by atoms with Crippen molar-refractivity contribution >= 4 is 6.29 Å². The van der Waals surface area contributed by atoms with E-state index in [-0.39, 0.29) is 0 Å². The molecule has 0 amide bonds. The summed E-state index contributed by atoms with van der Waals surface area (Å²) in [5.74, 6) is 0.598. The summed E-state index contributed by atoms with van der Waals surface area (Å²) in [4.78, 5) is 10.5. The molecule has 0 saturated heterocycles. The Labute approximate surface area is 93.3 Å². The second-order valence-electron chi connectivity index (χ2n) is 5.33. The molecule has 0 saturated carbocycles. The van der Waals surface area contributed by atoms with Crippen LogP contribution in [0.5, 0.6) is 0 Å². The zero-order chi connectivity index (χ0) is 11.5. The van der Waals surface area contributed by atoms with Crippen LogP contribution in [0.2, 0.25) is 0 Å². The first-order valence-electron chi connectivity index (χ1n) is 5.76. The van der Waals surface area contributed by atoms with Crippen LogP contribution in [0.25, 0.3) is 0 Å². The minimum Gasteiger partial charge on any atom is -0.298 e. The second kappa shape index (κ2) is 4.78. The first-order chi connectivity index (χ1) is 6.97. The highest BCUT2D eigenvalue weighted by atomic mass is 16.1.